The van der Waals surface area contributed by atoms with E-state index in [0.717, 1.165) is 25.2 Å². The highest BCUT2D eigenvalue weighted by Crippen LogP contribution is 2.31. The molecule has 3 aromatic rings. The van der Waals surface area contributed by atoms with Gasteiger partial charge in [0.2, 0.25) is 0 Å². The molecular formula is C29H27IN2O4. The van der Waals surface area contributed by atoms with Crippen molar-refractivity contribution in [2.75, 3.05) is 12.0 Å². The molecule has 0 saturated carbocycles. The second kappa shape index (κ2) is 10.3. The van der Waals surface area contributed by atoms with E-state index in [9.17, 15) is 14.4 Å². The van der Waals surface area contributed by atoms with Gasteiger partial charge >= 0.3 is 6.03 Å². The molecule has 0 spiro atoms. The van der Waals surface area contributed by atoms with Crippen molar-refractivity contribution < 1.29 is 19.1 Å². The van der Waals surface area contributed by atoms with Crippen LogP contribution in [0.2, 0.25) is 0 Å². The van der Waals surface area contributed by atoms with Crippen LogP contribution in [0, 0.1) is 31.3 Å². The number of benzene rings is 3. The number of imide groups is 2. The van der Waals surface area contributed by atoms with Crippen LogP contribution in [0.1, 0.15) is 38.9 Å². The lowest BCUT2D eigenvalue weighted by atomic mass is 9.98. The van der Waals surface area contributed by atoms with Crippen molar-refractivity contribution in [1.82, 2.24) is 5.32 Å². The first-order valence-corrected chi connectivity index (χ1v) is 12.6. The summed E-state index contributed by atoms with van der Waals surface area (Å²) in [5.74, 6) is -0.725. The Kier molecular flexibility index (Phi) is 7.31. The number of hydrogen-bond donors (Lipinski definition) is 1. The number of nitrogens with zero attached hydrogens (tertiary/aromatic N) is 1. The number of anilines is 1. The van der Waals surface area contributed by atoms with Crippen molar-refractivity contribution in [2.45, 2.75) is 34.1 Å². The number of carbonyl (C=O) groups is 3. The van der Waals surface area contributed by atoms with E-state index in [1.54, 1.807) is 19.2 Å². The summed E-state index contributed by atoms with van der Waals surface area (Å²) >= 11 is 2.25. The largest absolute Gasteiger partial charge is 0.496 e. The van der Waals surface area contributed by atoms with Crippen molar-refractivity contribution in [1.29, 1.82) is 0 Å². The molecule has 1 aliphatic heterocycles. The average Bonchev–Trinajstić information content (AvgIpc) is 2.79. The number of nitrogens with one attached hydrogen (secondary N) is 1. The fraction of sp³-hybridized carbons (Fsp3) is 0.207. The second-order valence-corrected chi connectivity index (χ2v) is 10.2. The lowest BCUT2D eigenvalue weighted by Crippen LogP contribution is -2.54. The summed E-state index contributed by atoms with van der Waals surface area (Å²) in [6.07, 6.45) is 2.19. The highest BCUT2D eigenvalue weighted by atomic mass is 127. The fourth-order valence-electron chi connectivity index (χ4n) is 4.37. The standard InChI is InChI=1S/C29H27IN2O4/c1-16-8-17(2)10-20(9-16)12-23-25(30)14-21(15-26(23)36-5)13-24-27(33)31-29(35)32(28(24)34)22-7-6-18(3)19(4)11-22/h6-11,13-15H,12H2,1-5H3,(H,31,33,35)/b24-13+. The van der Waals surface area contributed by atoms with E-state index >= 15 is 0 Å². The molecule has 0 unspecified atom stereocenters. The molecule has 36 heavy (non-hydrogen) atoms. The van der Waals surface area contributed by atoms with Crippen molar-refractivity contribution in [2.24, 2.45) is 0 Å². The Morgan fingerprint density at radius 1 is 0.917 bits per heavy atom. The number of barbiturate groups is 1. The molecule has 1 fully saturated rings. The topological polar surface area (TPSA) is 75.7 Å². The zero-order chi connectivity index (χ0) is 26.1. The maximum absolute atomic E-state index is 13.3. The molecule has 1 N–H and O–H groups in total. The van der Waals surface area contributed by atoms with Gasteiger partial charge < -0.3 is 4.74 Å². The molecule has 6 nitrogen and oxygen atoms in total. The zero-order valence-corrected chi connectivity index (χ0v) is 23.0. The molecule has 0 aliphatic carbocycles. The summed E-state index contributed by atoms with van der Waals surface area (Å²) in [7, 11) is 1.60. The number of ether oxygens (including phenoxy) is 1. The lowest BCUT2D eigenvalue weighted by Gasteiger charge is -2.27. The Balaban J connectivity index is 1.71. The Hall–Kier alpha value is -3.46. The van der Waals surface area contributed by atoms with Crippen LogP contribution < -0.4 is 15.0 Å². The molecule has 4 amide bonds. The molecule has 7 heteroatoms. The van der Waals surface area contributed by atoms with Crippen LogP contribution >= 0.6 is 22.6 Å². The highest BCUT2D eigenvalue weighted by Gasteiger charge is 2.37. The minimum absolute atomic E-state index is 0.118. The van der Waals surface area contributed by atoms with E-state index in [0.29, 0.717) is 23.4 Å². The predicted octanol–water partition coefficient (Wildman–Crippen LogP) is 5.79. The van der Waals surface area contributed by atoms with E-state index in [1.807, 2.05) is 32.0 Å². The SMILES string of the molecule is COc1cc(/C=C2\C(=O)NC(=O)N(c3ccc(C)c(C)c3)C2=O)cc(I)c1Cc1cc(C)cc(C)c1. The second-order valence-electron chi connectivity index (χ2n) is 9.08. The predicted molar refractivity (Wildman–Crippen MR) is 149 cm³/mol. The Morgan fingerprint density at radius 3 is 2.25 bits per heavy atom. The van der Waals surface area contributed by atoms with Gasteiger partial charge in [0.25, 0.3) is 11.8 Å². The summed E-state index contributed by atoms with van der Waals surface area (Å²) < 4.78 is 6.64. The van der Waals surface area contributed by atoms with Gasteiger partial charge in [-0.2, -0.15) is 0 Å². The first-order valence-electron chi connectivity index (χ1n) is 11.5. The third-order valence-corrected chi connectivity index (χ3v) is 7.18. The summed E-state index contributed by atoms with van der Waals surface area (Å²) in [6, 6.07) is 14.7. The van der Waals surface area contributed by atoms with Gasteiger partial charge in [-0.25, -0.2) is 9.69 Å². The Bertz CT molecular complexity index is 1420. The van der Waals surface area contributed by atoms with Gasteiger partial charge in [-0.1, -0.05) is 35.4 Å². The van der Waals surface area contributed by atoms with Crippen LogP contribution in [0.15, 0.2) is 54.1 Å². The molecule has 1 aliphatic rings. The molecule has 0 atom stereocenters. The zero-order valence-electron chi connectivity index (χ0n) is 20.9. The van der Waals surface area contributed by atoms with Gasteiger partial charge in [-0.15, -0.1) is 0 Å². The number of amides is 4. The third-order valence-electron chi connectivity index (χ3n) is 6.22. The van der Waals surface area contributed by atoms with Crippen LogP contribution in [0.3, 0.4) is 0 Å². The van der Waals surface area contributed by atoms with Crippen molar-refractivity contribution >= 4 is 52.2 Å². The minimum Gasteiger partial charge on any atom is -0.496 e. The molecule has 0 aromatic heterocycles. The van der Waals surface area contributed by atoms with Crippen LogP contribution in [0.25, 0.3) is 6.08 Å². The number of hydrogen-bond acceptors (Lipinski definition) is 4. The molecule has 4 rings (SSSR count). The van der Waals surface area contributed by atoms with Crippen LogP contribution in [-0.2, 0) is 16.0 Å². The van der Waals surface area contributed by atoms with E-state index < -0.39 is 17.8 Å². The van der Waals surface area contributed by atoms with E-state index in [1.165, 1.54) is 22.8 Å². The molecule has 1 heterocycles. The molecule has 0 radical (unpaired) electrons. The molecule has 3 aromatic carbocycles. The first kappa shape index (κ1) is 25.6. The van der Waals surface area contributed by atoms with Gasteiger partial charge in [-0.3, -0.25) is 14.9 Å². The Morgan fingerprint density at radius 2 is 1.61 bits per heavy atom. The highest BCUT2D eigenvalue weighted by molar-refractivity contribution is 14.1. The molecule has 1 saturated heterocycles. The van der Waals surface area contributed by atoms with E-state index in [-0.39, 0.29) is 5.57 Å². The van der Waals surface area contributed by atoms with Crippen molar-refractivity contribution in [3.8, 4) is 5.75 Å². The minimum atomic E-state index is -0.763. The number of aryl methyl sites for hydroxylation is 4. The number of urea groups is 1. The van der Waals surface area contributed by atoms with Crippen LogP contribution in [0.4, 0.5) is 10.5 Å². The van der Waals surface area contributed by atoms with Crippen LogP contribution in [-0.4, -0.2) is 25.0 Å². The number of carbonyl (C=O) groups excluding carboxylic acids is 3. The Labute approximate surface area is 224 Å². The van der Waals surface area contributed by atoms with Gasteiger partial charge in [0, 0.05) is 15.6 Å². The van der Waals surface area contributed by atoms with Gasteiger partial charge in [-0.05, 0) is 103 Å². The quantitative estimate of drug-likeness (QED) is 0.231. The summed E-state index contributed by atoms with van der Waals surface area (Å²) in [6.45, 7) is 8.00. The van der Waals surface area contributed by atoms with E-state index in [2.05, 4.69) is 60.0 Å². The number of rotatable bonds is 5. The summed E-state index contributed by atoms with van der Waals surface area (Å²) in [4.78, 5) is 39.5. The number of halogens is 1. The maximum Gasteiger partial charge on any atom is 0.335 e. The van der Waals surface area contributed by atoms with E-state index in [4.69, 9.17) is 4.74 Å². The summed E-state index contributed by atoms with van der Waals surface area (Å²) in [5.41, 5.74) is 7.51. The van der Waals surface area contributed by atoms with Crippen molar-refractivity contribution in [3.63, 3.8) is 0 Å². The third kappa shape index (κ3) is 5.21. The average molecular weight is 594 g/mol. The summed E-state index contributed by atoms with van der Waals surface area (Å²) in [5, 5.41) is 2.29. The van der Waals surface area contributed by atoms with Gasteiger partial charge in [0.15, 0.2) is 0 Å². The maximum atomic E-state index is 13.3. The monoisotopic (exact) mass is 594 g/mol. The van der Waals surface area contributed by atoms with Crippen LogP contribution in [0.5, 0.6) is 5.75 Å². The normalized spacial score (nSPS) is 14.9. The lowest BCUT2D eigenvalue weighted by molar-refractivity contribution is -0.122. The van der Waals surface area contributed by atoms with Gasteiger partial charge in [0.1, 0.15) is 11.3 Å². The first-order chi connectivity index (χ1) is 17.1. The van der Waals surface area contributed by atoms with Crippen molar-refractivity contribution in [3.05, 3.63) is 96.6 Å². The number of methoxy groups -OCH3 is 1. The fourth-order valence-corrected chi connectivity index (χ4v) is 5.18. The van der Waals surface area contributed by atoms with Gasteiger partial charge in [0.05, 0.1) is 12.8 Å². The molecular weight excluding hydrogens is 567 g/mol. The molecule has 184 valence electrons. The molecule has 0 bridgehead atoms. The smallest absolute Gasteiger partial charge is 0.335 e.